The Labute approximate surface area is 179 Å². The lowest BCUT2D eigenvalue weighted by Gasteiger charge is -2.42. The van der Waals surface area contributed by atoms with Gasteiger partial charge in [-0.3, -0.25) is 0 Å². The summed E-state index contributed by atoms with van der Waals surface area (Å²) in [6.45, 7) is 9.94. The van der Waals surface area contributed by atoms with Crippen molar-refractivity contribution < 1.29 is 4.74 Å². The molecule has 2 N–H and O–H groups in total. The SMILES string of the molecule is CCNC(=NCc1cnc(CC(C)C)s1)NCC1(CCOC)CCC1.I. The molecule has 2 rings (SSSR count). The molecule has 0 amide bonds. The number of aromatic nitrogens is 1. The molecule has 0 aliphatic heterocycles. The summed E-state index contributed by atoms with van der Waals surface area (Å²) in [6, 6.07) is 0. The number of hydrogen-bond acceptors (Lipinski definition) is 4. The standard InChI is InChI=1S/C19H34N4OS.HI/c1-5-20-18(23-14-19(7-6-8-19)9-10-24-4)22-13-16-12-21-17(25-16)11-15(2)3;/h12,15H,5-11,13-14H2,1-4H3,(H2,20,22,23);1H. The van der Waals surface area contributed by atoms with Crippen molar-refractivity contribution in [2.45, 2.75) is 59.4 Å². The Hall–Kier alpha value is -0.410. The summed E-state index contributed by atoms with van der Waals surface area (Å²) in [5.74, 6) is 1.55. The molecule has 26 heavy (non-hydrogen) atoms. The average Bonchev–Trinajstić information content (AvgIpc) is 2.97. The van der Waals surface area contributed by atoms with E-state index in [0.29, 0.717) is 17.9 Å². The van der Waals surface area contributed by atoms with Crippen LogP contribution in [0.1, 0.15) is 56.3 Å². The second kappa shape index (κ2) is 12.1. The summed E-state index contributed by atoms with van der Waals surface area (Å²) < 4.78 is 5.28. The zero-order valence-corrected chi connectivity index (χ0v) is 19.8. The molecule has 0 radical (unpaired) electrons. The molecule has 150 valence electrons. The minimum absolute atomic E-state index is 0. The van der Waals surface area contributed by atoms with Gasteiger partial charge in [-0.05, 0) is 37.5 Å². The van der Waals surface area contributed by atoms with Gasteiger partial charge in [0.15, 0.2) is 5.96 Å². The summed E-state index contributed by atoms with van der Waals surface area (Å²) in [6.07, 6.45) is 8.06. The molecule has 0 saturated heterocycles. The van der Waals surface area contributed by atoms with Gasteiger partial charge in [-0.2, -0.15) is 0 Å². The Kier molecular flexibility index (Phi) is 11.0. The topological polar surface area (TPSA) is 58.5 Å². The predicted octanol–water partition coefficient (Wildman–Crippen LogP) is 4.22. The van der Waals surface area contributed by atoms with Crippen LogP contribution in [-0.2, 0) is 17.7 Å². The molecular formula is C19H35IN4OS. The maximum absolute atomic E-state index is 5.28. The van der Waals surface area contributed by atoms with Crippen LogP contribution >= 0.6 is 35.3 Å². The van der Waals surface area contributed by atoms with Crippen LogP contribution in [0, 0.1) is 11.3 Å². The van der Waals surface area contributed by atoms with Crippen molar-refractivity contribution in [3.63, 3.8) is 0 Å². The minimum Gasteiger partial charge on any atom is -0.385 e. The van der Waals surface area contributed by atoms with E-state index in [-0.39, 0.29) is 24.0 Å². The number of guanidine groups is 1. The van der Waals surface area contributed by atoms with Gasteiger partial charge in [0.05, 0.1) is 11.6 Å². The molecule has 1 aliphatic carbocycles. The van der Waals surface area contributed by atoms with Crippen molar-refractivity contribution in [3.8, 4) is 0 Å². The first-order valence-corrected chi connectivity index (χ1v) is 10.3. The second-order valence-electron chi connectivity index (χ2n) is 7.46. The first-order valence-electron chi connectivity index (χ1n) is 9.51. The molecule has 5 nitrogen and oxygen atoms in total. The van der Waals surface area contributed by atoms with E-state index in [1.54, 1.807) is 18.4 Å². The highest BCUT2D eigenvalue weighted by molar-refractivity contribution is 14.0. The molecule has 1 aromatic rings. The van der Waals surface area contributed by atoms with Gasteiger partial charge in [-0.15, -0.1) is 35.3 Å². The smallest absolute Gasteiger partial charge is 0.191 e. The van der Waals surface area contributed by atoms with Gasteiger partial charge in [0.25, 0.3) is 0 Å². The number of thiazole rings is 1. The Morgan fingerprint density at radius 2 is 2.15 bits per heavy atom. The minimum atomic E-state index is 0. The number of nitrogens with one attached hydrogen (secondary N) is 2. The summed E-state index contributed by atoms with van der Waals surface area (Å²) in [5.41, 5.74) is 0.390. The fourth-order valence-electron chi connectivity index (χ4n) is 3.15. The second-order valence-corrected chi connectivity index (χ2v) is 8.66. The van der Waals surface area contributed by atoms with E-state index < -0.39 is 0 Å². The van der Waals surface area contributed by atoms with Gasteiger partial charge in [0, 0.05) is 44.3 Å². The van der Waals surface area contributed by atoms with E-state index in [0.717, 1.165) is 38.5 Å². The highest BCUT2D eigenvalue weighted by Gasteiger charge is 2.36. The molecule has 1 aromatic heterocycles. The maximum Gasteiger partial charge on any atom is 0.191 e. The average molecular weight is 494 g/mol. The highest BCUT2D eigenvalue weighted by Crippen LogP contribution is 2.43. The summed E-state index contributed by atoms with van der Waals surface area (Å²) in [7, 11) is 1.79. The van der Waals surface area contributed by atoms with E-state index in [1.807, 2.05) is 6.20 Å². The fraction of sp³-hybridized carbons (Fsp3) is 0.789. The van der Waals surface area contributed by atoms with Crippen molar-refractivity contribution in [1.82, 2.24) is 15.6 Å². The summed E-state index contributed by atoms with van der Waals surface area (Å²) in [4.78, 5) is 10.5. The van der Waals surface area contributed by atoms with Gasteiger partial charge in [0.2, 0.25) is 0 Å². The zero-order chi connectivity index (χ0) is 18.1. The van der Waals surface area contributed by atoms with Crippen LogP contribution < -0.4 is 10.6 Å². The quantitative estimate of drug-likeness (QED) is 0.291. The van der Waals surface area contributed by atoms with Crippen LogP contribution in [0.2, 0.25) is 0 Å². The Morgan fingerprint density at radius 1 is 1.38 bits per heavy atom. The van der Waals surface area contributed by atoms with Crippen molar-refractivity contribution >= 4 is 41.3 Å². The number of hydrogen-bond donors (Lipinski definition) is 2. The van der Waals surface area contributed by atoms with E-state index in [1.165, 1.54) is 29.1 Å². The lowest BCUT2D eigenvalue weighted by atomic mass is 9.67. The lowest BCUT2D eigenvalue weighted by molar-refractivity contribution is 0.0732. The maximum atomic E-state index is 5.28. The van der Waals surface area contributed by atoms with Crippen LogP contribution in [0.15, 0.2) is 11.2 Å². The number of rotatable bonds is 10. The van der Waals surface area contributed by atoms with Crippen molar-refractivity contribution in [1.29, 1.82) is 0 Å². The predicted molar refractivity (Wildman–Crippen MR) is 122 cm³/mol. The van der Waals surface area contributed by atoms with E-state index >= 15 is 0 Å². The van der Waals surface area contributed by atoms with Crippen molar-refractivity contribution in [2.75, 3.05) is 26.8 Å². The number of halogens is 1. The Bertz CT molecular complexity index is 543. The zero-order valence-electron chi connectivity index (χ0n) is 16.6. The number of nitrogens with zero attached hydrogens (tertiary/aromatic N) is 2. The number of methoxy groups -OCH3 is 1. The molecule has 0 unspecified atom stereocenters. The third kappa shape index (κ3) is 7.68. The fourth-order valence-corrected chi connectivity index (χ4v) is 4.20. The molecular weight excluding hydrogens is 459 g/mol. The van der Waals surface area contributed by atoms with Crippen LogP contribution in [0.25, 0.3) is 0 Å². The van der Waals surface area contributed by atoms with Gasteiger partial charge < -0.3 is 15.4 Å². The van der Waals surface area contributed by atoms with Crippen molar-refractivity contribution in [2.24, 2.45) is 16.3 Å². The van der Waals surface area contributed by atoms with Gasteiger partial charge in [-0.25, -0.2) is 9.98 Å². The summed E-state index contributed by atoms with van der Waals surface area (Å²) >= 11 is 1.78. The molecule has 7 heteroatoms. The van der Waals surface area contributed by atoms with Crippen LogP contribution in [-0.4, -0.2) is 37.7 Å². The number of aliphatic imine (C=N–C) groups is 1. The first-order chi connectivity index (χ1) is 12.1. The molecule has 0 spiro atoms. The lowest BCUT2D eigenvalue weighted by Crippen LogP contribution is -2.46. The van der Waals surface area contributed by atoms with Crippen LogP contribution in [0.4, 0.5) is 0 Å². The molecule has 1 heterocycles. The monoisotopic (exact) mass is 494 g/mol. The molecule has 0 atom stereocenters. The van der Waals surface area contributed by atoms with Crippen LogP contribution in [0.3, 0.4) is 0 Å². The number of ether oxygens (including phenoxy) is 1. The van der Waals surface area contributed by atoms with E-state index in [2.05, 4.69) is 36.4 Å². The Morgan fingerprint density at radius 3 is 2.73 bits per heavy atom. The molecule has 0 bridgehead atoms. The largest absolute Gasteiger partial charge is 0.385 e. The van der Waals surface area contributed by atoms with Crippen LogP contribution in [0.5, 0.6) is 0 Å². The van der Waals surface area contributed by atoms with Crippen molar-refractivity contribution in [3.05, 3.63) is 16.1 Å². The van der Waals surface area contributed by atoms with Gasteiger partial charge >= 0.3 is 0 Å². The highest BCUT2D eigenvalue weighted by atomic mass is 127. The molecule has 1 aliphatic rings. The first kappa shape index (κ1) is 23.6. The molecule has 0 aromatic carbocycles. The third-order valence-corrected chi connectivity index (χ3v) is 5.81. The molecule has 1 fully saturated rings. The van der Waals surface area contributed by atoms with E-state index in [4.69, 9.17) is 9.73 Å². The van der Waals surface area contributed by atoms with E-state index in [9.17, 15) is 0 Å². The third-order valence-electron chi connectivity index (χ3n) is 4.80. The normalized spacial score (nSPS) is 16.1. The summed E-state index contributed by atoms with van der Waals surface area (Å²) in [5, 5.41) is 8.12. The Balaban J connectivity index is 0.00000338. The molecule has 1 saturated carbocycles. The van der Waals surface area contributed by atoms with Gasteiger partial charge in [0.1, 0.15) is 0 Å². The van der Waals surface area contributed by atoms with Gasteiger partial charge in [-0.1, -0.05) is 20.3 Å².